The van der Waals surface area contributed by atoms with E-state index in [9.17, 15) is 0 Å². The molecule has 0 amide bonds. The summed E-state index contributed by atoms with van der Waals surface area (Å²) in [4.78, 5) is 4.52. The van der Waals surface area contributed by atoms with Crippen molar-refractivity contribution < 1.29 is 4.52 Å². The van der Waals surface area contributed by atoms with Crippen LogP contribution in [0.5, 0.6) is 0 Å². The minimum atomic E-state index is -0.145. The van der Waals surface area contributed by atoms with Crippen molar-refractivity contribution in [1.82, 2.24) is 10.1 Å². The molecule has 1 aromatic rings. The molecule has 0 spiro atoms. The van der Waals surface area contributed by atoms with Crippen LogP contribution in [0.2, 0.25) is 0 Å². The fourth-order valence-electron chi connectivity index (χ4n) is 2.88. The summed E-state index contributed by atoms with van der Waals surface area (Å²) < 4.78 is 5.33. The quantitative estimate of drug-likeness (QED) is 0.902. The summed E-state index contributed by atoms with van der Waals surface area (Å²) in [5.74, 6) is 3.90. The van der Waals surface area contributed by atoms with Crippen molar-refractivity contribution in [2.75, 3.05) is 0 Å². The first-order valence-electron chi connectivity index (χ1n) is 7.58. The maximum Gasteiger partial charge on any atom is 0.243 e. The van der Waals surface area contributed by atoms with Crippen molar-refractivity contribution in [1.29, 1.82) is 0 Å². The lowest BCUT2D eigenvalue weighted by Gasteiger charge is -2.29. The van der Waals surface area contributed by atoms with Crippen molar-refractivity contribution in [3.05, 3.63) is 11.7 Å². The van der Waals surface area contributed by atoms with Crippen molar-refractivity contribution >= 4 is 0 Å². The molecule has 1 unspecified atom stereocenters. The SMILES string of the molecule is CC(C)C1CCC(c2noc(C(N)C(C)C)n2)CC1. The molecule has 108 valence electrons. The Kier molecular flexibility index (Phi) is 4.61. The van der Waals surface area contributed by atoms with E-state index in [2.05, 4.69) is 37.8 Å². The predicted molar refractivity (Wildman–Crippen MR) is 75.6 cm³/mol. The van der Waals surface area contributed by atoms with Gasteiger partial charge in [0.15, 0.2) is 5.82 Å². The first-order chi connectivity index (χ1) is 8.99. The molecule has 19 heavy (non-hydrogen) atoms. The first kappa shape index (κ1) is 14.5. The molecule has 2 N–H and O–H groups in total. The molecular formula is C15H27N3O. The lowest BCUT2D eigenvalue weighted by Crippen LogP contribution is -2.19. The summed E-state index contributed by atoms with van der Waals surface area (Å²) in [6.07, 6.45) is 4.92. The van der Waals surface area contributed by atoms with E-state index in [0.29, 0.717) is 17.7 Å². The van der Waals surface area contributed by atoms with Gasteiger partial charge in [-0.15, -0.1) is 0 Å². The topological polar surface area (TPSA) is 64.9 Å². The zero-order valence-electron chi connectivity index (χ0n) is 12.6. The molecule has 2 rings (SSSR count). The van der Waals surface area contributed by atoms with Gasteiger partial charge in [0, 0.05) is 5.92 Å². The molecule has 0 radical (unpaired) electrons. The Labute approximate surface area is 116 Å². The van der Waals surface area contributed by atoms with Crippen molar-refractivity contribution in [3.8, 4) is 0 Å². The summed E-state index contributed by atoms with van der Waals surface area (Å²) >= 11 is 0. The zero-order chi connectivity index (χ0) is 14.0. The van der Waals surface area contributed by atoms with Gasteiger partial charge in [0.2, 0.25) is 5.89 Å². The highest BCUT2D eigenvalue weighted by atomic mass is 16.5. The largest absolute Gasteiger partial charge is 0.338 e. The van der Waals surface area contributed by atoms with Gasteiger partial charge in [0.05, 0.1) is 6.04 Å². The van der Waals surface area contributed by atoms with Crippen LogP contribution in [-0.2, 0) is 0 Å². The summed E-state index contributed by atoms with van der Waals surface area (Å²) in [6.45, 7) is 8.78. The number of rotatable bonds is 4. The van der Waals surface area contributed by atoms with E-state index in [1.807, 2.05) is 0 Å². The maximum atomic E-state index is 6.05. The molecule has 4 heteroatoms. The molecule has 1 atom stereocenters. The van der Waals surface area contributed by atoms with E-state index in [0.717, 1.165) is 17.7 Å². The van der Waals surface area contributed by atoms with E-state index < -0.39 is 0 Å². The molecule has 0 bridgehead atoms. The number of nitrogens with zero attached hydrogens (tertiary/aromatic N) is 2. The summed E-state index contributed by atoms with van der Waals surface area (Å²) in [6, 6.07) is -0.145. The van der Waals surface area contributed by atoms with Gasteiger partial charge >= 0.3 is 0 Å². The lowest BCUT2D eigenvalue weighted by molar-refractivity contribution is 0.251. The van der Waals surface area contributed by atoms with Crippen LogP contribution in [0.3, 0.4) is 0 Å². The van der Waals surface area contributed by atoms with Gasteiger partial charge in [-0.2, -0.15) is 4.98 Å². The summed E-state index contributed by atoms with van der Waals surface area (Å²) in [7, 11) is 0. The van der Waals surface area contributed by atoms with E-state index in [4.69, 9.17) is 10.3 Å². The Morgan fingerprint density at radius 1 is 1.11 bits per heavy atom. The van der Waals surface area contributed by atoms with E-state index in [-0.39, 0.29) is 6.04 Å². The summed E-state index contributed by atoms with van der Waals surface area (Å²) in [5, 5.41) is 4.15. The Bertz CT molecular complexity index is 392. The highest BCUT2D eigenvalue weighted by molar-refractivity contribution is 5.00. The van der Waals surface area contributed by atoms with Crippen LogP contribution in [0.1, 0.15) is 77.1 Å². The summed E-state index contributed by atoms with van der Waals surface area (Å²) in [5.41, 5.74) is 6.05. The molecule has 1 heterocycles. The van der Waals surface area contributed by atoms with Crippen molar-refractivity contribution in [2.24, 2.45) is 23.5 Å². The Morgan fingerprint density at radius 2 is 1.74 bits per heavy atom. The van der Waals surface area contributed by atoms with Crippen LogP contribution in [0.25, 0.3) is 0 Å². The van der Waals surface area contributed by atoms with E-state index in [1.54, 1.807) is 0 Å². The molecule has 1 aliphatic rings. The van der Waals surface area contributed by atoms with Gasteiger partial charge in [-0.05, 0) is 43.4 Å². The second-order valence-electron chi connectivity index (χ2n) is 6.62. The molecule has 1 aliphatic carbocycles. The smallest absolute Gasteiger partial charge is 0.243 e. The van der Waals surface area contributed by atoms with Gasteiger partial charge < -0.3 is 10.3 Å². The van der Waals surface area contributed by atoms with E-state index in [1.165, 1.54) is 25.7 Å². The zero-order valence-corrected chi connectivity index (χ0v) is 12.6. The van der Waals surface area contributed by atoms with Gasteiger partial charge in [-0.1, -0.05) is 32.9 Å². The van der Waals surface area contributed by atoms with Crippen molar-refractivity contribution in [2.45, 2.75) is 65.3 Å². The molecule has 4 nitrogen and oxygen atoms in total. The number of hydrogen-bond donors (Lipinski definition) is 1. The first-order valence-corrected chi connectivity index (χ1v) is 7.58. The lowest BCUT2D eigenvalue weighted by atomic mass is 9.77. The molecule has 1 fully saturated rings. The predicted octanol–water partition coefficient (Wildman–Crippen LogP) is 3.66. The Balaban J connectivity index is 1.97. The highest BCUT2D eigenvalue weighted by Gasteiger charge is 2.28. The molecular weight excluding hydrogens is 238 g/mol. The third kappa shape index (κ3) is 3.35. The monoisotopic (exact) mass is 265 g/mol. The molecule has 0 aromatic carbocycles. The van der Waals surface area contributed by atoms with Crippen LogP contribution in [0.4, 0.5) is 0 Å². The van der Waals surface area contributed by atoms with E-state index >= 15 is 0 Å². The normalized spacial score (nSPS) is 26.1. The average Bonchev–Trinajstić information content (AvgIpc) is 2.87. The van der Waals surface area contributed by atoms with Crippen LogP contribution in [0.15, 0.2) is 4.52 Å². The third-order valence-electron chi connectivity index (χ3n) is 4.54. The fourth-order valence-corrected chi connectivity index (χ4v) is 2.88. The maximum absolute atomic E-state index is 6.05. The molecule has 1 aromatic heterocycles. The number of hydrogen-bond acceptors (Lipinski definition) is 4. The second kappa shape index (κ2) is 6.04. The third-order valence-corrected chi connectivity index (χ3v) is 4.54. The van der Waals surface area contributed by atoms with Crippen LogP contribution in [0, 0.1) is 17.8 Å². The van der Waals surface area contributed by atoms with Crippen LogP contribution < -0.4 is 5.73 Å². The Hall–Kier alpha value is -0.900. The van der Waals surface area contributed by atoms with Gasteiger partial charge in [0.1, 0.15) is 0 Å². The minimum Gasteiger partial charge on any atom is -0.338 e. The highest BCUT2D eigenvalue weighted by Crippen LogP contribution is 2.37. The standard InChI is InChI=1S/C15H27N3O/c1-9(2)11-5-7-12(8-6-11)14-17-15(19-18-14)13(16)10(3)4/h9-13H,5-8,16H2,1-4H3. The van der Waals surface area contributed by atoms with Gasteiger partial charge in [-0.3, -0.25) is 0 Å². The molecule has 0 saturated heterocycles. The van der Waals surface area contributed by atoms with Crippen molar-refractivity contribution in [3.63, 3.8) is 0 Å². The molecule has 0 aliphatic heterocycles. The fraction of sp³-hybridized carbons (Fsp3) is 0.867. The minimum absolute atomic E-state index is 0.145. The number of aromatic nitrogens is 2. The van der Waals surface area contributed by atoms with Crippen LogP contribution in [-0.4, -0.2) is 10.1 Å². The van der Waals surface area contributed by atoms with Crippen LogP contribution >= 0.6 is 0 Å². The average molecular weight is 265 g/mol. The van der Waals surface area contributed by atoms with Gasteiger partial charge in [-0.25, -0.2) is 0 Å². The second-order valence-corrected chi connectivity index (χ2v) is 6.62. The number of nitrogens with two attached hydrogens (primary N) is 1. The molecule has 1 saturated carbocycles. The Morgan fingerprint density at radius 3 is 2.26 bits per heavy atom. The van der Waals surface area contributed by atoms with Gasteiger partial charge in [0.25, 0.3) is 0 Å².